The highest BCUT2D eigenvalue weighted by Crippen LogP contribution is 2.37. The third kappa shape index (κ3) is 3.31. The highest BCUT2D eigenvalue weighted by Gasteiger charge is 2.40. The fraction of sp³-hybridized carbons (Fsp3) is 0.938. The standard InChI is InChI=1S/C16H30N2O/c1-15(2)11-7-13(8-12-15)18(3)14(19)16(17)9-5-4-6-10-16/h13H,4-12,17H2,1-3H3. The van der Waals surface area contributed by atoms with E-state index < -0.39 is 5.54 Å². The highest BCUT2D eigenvalue weighted by molar-refractivity contribution is 5.86. The van der Waals surface area contributed by atoms with Crippen molar-refractivity contribution in [3.8, 4) is 0 Å². The van der Waals surface area contributed by atoms with E-state index >= 15 is 0 Å². The second-order valence-electron chi connectivity index (χ2n) is 7.53. The Bertz CT molecular complexity index is 322. The first-order valence-electron chi connectivity index (χ1n) is 7.90. The largest absolute Gasteiger partial charge is 0.341 e. The molecule has 0 radical (unpaired) electrons. The molecule has 0 spiro atoms. The van der Waals surface area contributed by atoms with E-state index in [0.717, 1.165) is 38.5 Å². The first kappa shape index (κ1) is 14.8. The number of amides is 1. The van der Waals surface area contributed by atoms with E-state index in [2.05, 4.69) is 13.8 Å². The minimum Gasteiger partial charge on any atom is -0.341 e. The molecule has 2 aliphatic carbocycles. The summed E-state index contributed by atoms with van der Waals surface area (Å²) in [5, 5.41) is 0. The number of nitrogens with zero attached hydrogens (tertiary/aromatic N) is 1. The Morgan fingerprint density at radius 1 is 1.05 bits per heavy atom. The normalized spacial score (nSPS) is 26.9. The summed E-state index contributed by atoms with van der Waals surface area (Å²) in [5.41, 5.74) is 6.25. The number of carbonyl (C=O) groups excluding carboxylic acids is 1. The van der Waals surface area contributed by atoms with Gasteiger partial charge in [0.2, 0.25) is 5.91 Å². The Labute approximate surface area is 117 Å². The minimum absolute atomic E-state index is 0.192. The first-order chi connectivity index (χ1) is 8.84. The fourth-order valence-electron chi connectivity index (χ4n) is 3.68. The van der Waals surface area contributed by atoms with Gasteiger partial charge in [-0.1, -0.05) is 33.1 Å². The van der Waals surface area contributed by atoms with Crippen LogP contribution in [0.1, 0.15) is 71.6 Å². The maximum atomic E-state index is 12.7. The summed E-state index contributed by atoms with van der Waals surface area (Å²) in [6.45, 7) is 4.66. The lowest BCUT2D eigenvalue weighted by atomic mass is 9.74. The molecule has 1 amide bonds. The highest BCUT2D eigenvalue weighted by atomic mass is 16.2. The van der Waals surface area contributed by atoms with Crippen molar-refractivity contribution in [2.24, 2.45) is 11.1 Å². The van der Waals surface area contributed by atoms with Crippen LogP contribution < -0.4 is 5.73 Å². The zero-order valence-corrected chi connectivity index (χ0v) is 12.9. The molecule has 0 atom stereocenters. The van der Waals surface area contributed by atoms with Crippen LogP contribution in [-0.4, -0.2) is 29.4 Å². The first-order valence-corrected chi connectivity index (χ1v) is 7.90. The third-order valence-electron chi connectivity index (χ3n) is 5.35. The third-order valence-corrected chi connectivity index (χ3v) is 5.35. The van der Waals surface area contributed by atoms with E-state index in [1.807, 2.05) is 11.9 Å². The zero-order valence-electron chi connectivity index (χ0n) is 12.9. The predicted octanol–water partition coefficient (Wildman–Crippen LogP) is 3.08. The average Bonchev–Trinajstić information content (AvgIpc) is 2.38. The number of nitrogens with two attached hydrogens (primary N) is 1. The number of hydrogen-bond donors (Lipinski definition) is 1. The summed E-state index contributed by atoms with van der Waals surface area (Å²) < 4.78 is 0. The quantitative estimate of drug-likeness (QED) is 0.835. The molecule has 2 rings (SSSR count). The van der Waals surface area contributed by atoms with E-state index in [1.54, 1.807) is 0 Å². The summed E-state index contributed by atoms with van der Waals surface area (Å²) in [6, 6.07) is 0.405. The number of hydrogen-bond acceptors (Lipinski definition) is 2. The van der Waals surface area contributed by atoms with Gasteiger partial charge in [0.05, 0.1) is 5.54 Å². The topological polar surface area (TPSA) is 46.3 Å². The lowest BCUT2D eigenvalue weighted by molar-refractivity contribution is -0.140. The lowest BCUT2D eigenvalue weighted by Crippen LogP contribution is -2.57. The van der Waals surface area contributed by atoms with Crippen LogP contribution in [0.25, 0.3) is 0 Å². The van der Waals surface area contributed by atoms with Gasteiger partial charge in [0.1, 0.15) is 0 Å². The minimum atomic E-state index is -0.569. The van der Waals surface area contributed by atoms with Gasteiger partial charge in [-0.05, 0) is 43.9 Å². The van der Waals surface area contributed by atoms with Gasteiger partial charge in [-0.15, -0.1) is 0 Å². The second-order valence-corrected chi connectivity index (χ2v) is 7.53. The molecule has 0 unspecified atom stereocenters. The number of likely N-dealkylation sites (N-methyl/N-ethyl adjacent to an activating group) is 1. The van der Waals surface area contributed by atoms with Gasteiger partial charge < -0.3 is 10.6 Å². The summed E-state index contributed by atoms with van der Waals surface area (Å²) in [7, 11) is 1.97. The van der Waals surface area contributed by atoms with Crippen LogP contribution in [0.5, 0.6) is 0 Å². The zero-order chi connectivity index (χ0) is 14.1. The van der Waals surface area contributed by atoms with Crippen molar-refractivity contribution in [2.45, 2.75) is 83.2 Å². The molecule has 3 nitrogen and oxygen atoms in total. The molecular weight excluding hydrogens is 236 g/mol. The van der Waals surface area contributed by atoms with Crippen molar-refractivity contribution in [3.05, 3.63) is 0 Å². The molecule has 2 fully saturated rings. The Hall–Kier alpha value is -0.570. The molecule has 0 aromatic heterocycles. The molecular formula is C16H30N2O. The predicted molar refractivity (Wildman–Crippen MR) is 78.8 cm³/mol. The maximum Gasteiger partial charge on any atom is 0.242 e. The SMILES string of the molecule is CN(C(=O)C1(N)CCCCC1)C1CCC(C)(C)CC1. The molecule has 2 aliphatic rings. The molecule has 3 heteroatoms. The Kier molecular flexibility index (Phi) is 4.24. The fourth-order valence-corrected chi connectivity index (χ4v) is 3.68. The molecule has 2 N–H and O–H groups in total. The van der Waals surface area contributed by atoms with Crippen LogP contribution >= 0.6 is 0 Å². The van der Waals surface area contributed by atoms with Crippen LogP contribution in [0.15, 0.2) is 0 Å². The van der Waals surface area contributed by atoms with E-state index in [-0.39, 0.29) is 5.91 Å². The Morgan fingerprint density at radius 2 is 1.58 bits per heavy atom. The van der Waals surface area contributed by atoms with Crippen molar-refractivity contribution in [2.75, 3.05) is 7.05 Å². The van der Waals surface area contributed by atoms with Crippen LogP contribution in [0.3, 0.4) is 0 Å². The molecule has 0 bridgehead atoms. The van der Waals surface area contributed by atoms with Crippen LogP contribution in [0, 0.1) is 5.41 Å². The lowest BCUT2D eigenvalue weighted by Gasteiger charge is -2.42. The van der Waals surface area contributed by atoms with E-state index in [4.69, 9.17) is 5.73 Å². The van der Waals surface area contributed by atoms with Gasteiger partial charge in [-0.25, -0.2) is 0 Å². The van der Waals surface area contributed by atoms with Gasteiger partial charge in [0.15, 0.2) is 0 Å². The Balaban J connectivity index is 1.95. The maximum absolute atomic E-state index is 12.7. The molecule has 0 aromatic rings. The van der Waals surface area contributed by atoms with Crippen LogP contribution in [0.4, 0.5) is 0 Å². The molecule has 0 aliphatic heterocycles. The van der Waals surface area contributed by atoms with Crippen LogP contribution in [-0.2, 0) is 4.79 Å². The van der Waals surface area contributed by atoms with E-state index in [1.165, 1.54) is 19.3 Å². The molecule has 2 saturated carbocycles. The van der Waals surface area contributed by atoms with Gasteiger partial charge in [-0.2, -0.15) is 0 Å². The van der Waals surface area contributed by atoms with Crippen molar-refractivity contribution in [3.63, 3.8) is 0 Å². The molecule has 110 valence electrons. The smallest absolute Gasteiger partial charge is 0.242 e. The molecule has 0 heterocycles. The molecule has 0 aromatic carbocycles. The summed E-state index contributed by atoms with van der Waals surface area (Å²) in [5.74, 6) is 0.192. The van der Waals surface area contributed by atoms with Gasteiger partial charge in [0, 0.05) is 13.1 Å². The average molecular weight is 266 g/mol. The second kappa shape index (κ2) is 5.43. The monoisotopic (exact) mass is 266 g/mol. The van der Waals surface area contributed by atoms with E-state index in [0.29, 0.717) is 11.5 Å². The van der Waals surface area contributed by atoms with Gasteiger partial charge in [0.25, 0.3) is 0 Å². The Morgan fingerprint density at radius 3 is 2.11 bits per heavy atom. The number of rotatable bonds is 2. The van der Waals surface area contributed by atoms with Crippen molar-refractivity contribution in [1.82, 2.24) is 4.90 Å². The van der Waals surface area contributed by atoms with Crippen molar-refractivity contribution < 1.29 is 4.79 Å². The van der Waals surface area contributed by atoms with Gasteiger partial charge in [-0.3, -0.25) is 4.79 Å². The van der Waals surface area contributed by atoms with E-state index in [9.17, 15) is 4.79 Å². The van der Waals surface area contributed by atoms with Crippen molar-refractivity contribution in [1.29, 1.82) is 0 Å². The summed E-state index contributed by atoms with van der Waals surface area (Å²) in [6.07, 6.45) is 9.87. The molecule has 19 heavy (non-hydrogen) atoms. The van der Waals surface area contributed by atoms with Crippen molar-refractivity contribution >= 4 is 5.91 Å². The van der Waals surface area contributed by atoms with Gasteiger partial charge >= 0.3 is 0 Å². The summed E-state index contributed by atoms with van der Waals surface area (Å²) >= 11 is 0. The summed E-state index contributed by atoms with van der Waals surface area (Å²) in [4.78, 5) is 14.7. The van der Waals surface area contributed by atoms with Crippen LogP contribution in [0.2, 0.25) is 0 Å². The molecule has 0 saturated heterocycles. The number of carbonyl (C=O) groups is 1.